The Labute approximate surface area is 141 Å². The van der Waals surface area contributed by atoms with Crippen LogP contribution in [0.2, 0.25) is 0 Å². The van der Waals surface area contributed by atoms with Gasteiger partial charge in [-0.3, -0.25) is 9.69 Å². The van der Waals surface area contributed by atoms with Crippen LogP contribution in [0.1, 0.15) is 27.2 Å². The Morgan fingerprint density at radius 3 is 2.42 bits per heavy atom. The Morgan fingerprint density at radius 1 is 1.25 bits per heavy atom. The minimum Gasteiger partial charge on any atom is -0.468 e. The average molecular weight is 336 g/mol. The molecule has 1 atom stereocenters. The Kier molecular flexibility index (Phi) is 5.66. The van der Waals surface area contributed by atoms with Crippen LogP contribution in [-0.4, -0.2) is 49.0 Å². The van der Waals surface area contributed by atoms with E-state index in [2.05, 4.69) is 5.32 Å². The summed E-state index contributed by atoms with van der Waals surface area (Å²) < 4.78 is 15.4. The Hall–Kier alpha value is -2.28. The molecule has 1 aromatic carbocycles. The molecule has 1 aromatic rings. The predicted octanol–water partition coefficient (Wildman–Crippen LogP) is 2.62. The summed E-state index contributed by atoms with van der Waals surface area (Å²) in [5, 5.41) is 2.80. The van der Waals surface area contributed by atoms with Crippen LogP contribution < -0.4 is 10.1 Å². The van der Waals surface area contributed by atoms with E-state index in [4.69, 9.17) is 14.2 Å². The van der Waals surface area contributed by atoms with E-state index in [-0.39, 0.29) is 12.7 Å². The minimum atomic E-state index is -0.578. The zero-order chi connectivity index (χ0) is 17.7. The monoisotopic (exact) mass is 336 g/mol. The molecular formula is C17H24N2O5. The topological polar surface area (TPSA) is 77.1 Å². The summed E-state index contributed by atoms with van der Waals surface area (Å²) in [6.07, 6.45) is 0.164. The van der Waals surface area contributed by atoms with E-state index < -0.39 is 17.7 Å². The summed E-state index contributed by atoms with van der Waals surface area (Å²) in [6.45, 7) is 6.09. The number of methoxy groups -OCH3 is 1. The molecule has 7 heteroatoms. The van der Waals surface area contributed by atoms with Gasteiger partial charge < -0.3 is 19.5 Å². The molecule has 0 saturated carbocycles. The minimum absolute atomic E-state index is 0.165. The van der Waals surface area contributed by atoms with Crippen molar-refractivity contribution in [1.82, 2.24) is 4.90 Å². The van der Waals surface area contributed by atoms with Crippen molar-refractivity contribution in [3.05, 3.63) is 24.3 Å². The largest absolute Gasteiger partial charge is 0.468 e. The lowest BCUT2D eigenvalue weighted by atomic mass is 10.0. The number of anilines is 1. The van der Waals surface area contributed by atoms with Gasteiger partial charge in [0, 0.05) is 19.3 Å². The molecule has 0 aliphatic carbocycles. The van der Waals surface area contributed by atoms with Crippen molar-refractivity contribution < 1.29 is 23.8 Å². The maximum atomic E-state index is 12.3. The number of benzene rings is 1. The van der Waals surface area contributed by atoms with Crippen molar-refractivity contribution in [3.63, 3.8) is 0 Å². The fourth-order valence-corrected chi connectivity index (χ4v) is 2.19. The second-order valence-electron chi connectivity index (χ2n) is 6.54. The zero-order valence-corrected chi connectivity index (χ0v) is 14.5. The van der Waals surface area contributed by atoms with Gasteiger partial charge in [0.05, 0.1) is 0 Å². The lowest BCUT2D eigenvalue weighted by Gasteiger charge is -2.40. The third kappa shape index (κ3) is 4.86. The van der Waals surface area contributed by atoms with Crippen molar-refractivity contribution in [2.24, 2.45) is 0 Å². The molecule has 0 spiro atoms. The molecule has 2 amide bonds. The average Bonchev–Trinajstić information content (AvgIpc) is 2.43. The van der Waals surface area contributed by atoms with Gasteiger partial charge in [0.1, 0.15) is 17.4 Å². The van der Waals surface area contributed by atoms with Gasteiger partial charge in [0.15, 0.2) is 6.79 Å². The first-order chi connectivity index (χ1) is 11.3. The predicted molar refractivity (Wildman–Crippen MR) is 88.9 cm³/mol. The van der Waals surface area contributed by atoms with Crippen LogP contribution in [0.3, 0.4) is 0 Å². The molecular weight excluding hydrogens is 312 g/mol. The Morgan fingerprint density at radius 2 is 1.92 bits per heavy atom. The number of ether oxygens (including phenoxy) is 3. The van der Waals surface area contributed by atoms with E-state index in [0.717, 1.165) is 0 Å². The van der Waals surface area contributed by atoms with E-state index in [9.17, 15) is 9.59 Å². The fourth-order valence-electron chi connectivity index (χ4n) is 2.19. The van der Waals surface area contributed by atoms with E-state index in [1.165, 1.54) is 4.90 Å². The second-order valence-corrected chi connectivity index (χ2v) is 6.54. The lowest BCUT2D eigenvalue weighted by molar-refractivity contribution is -0.125. The second kappa shape index (κ2) is 7.53. The summed E-state index contributed by atoms with van der Waals surface area (Å²) in [4.78, 5) is 25.8. The van der Waals surface area contributed by atoms with Gasteiger partial charge in [-0.25, -0.2) is 4.79 Å². The molecule has 1 saturated heterocycles. The zero-order valence-electron chi connectivity index (χ0n) is 14.5. The van der Waals surface area contributed by atoms with Crippen LogP contribution in [0, 0.1) is 0 Å². The number of carbonyl (C=O) groups excluding carboxylic acids is 2. The molecule has 1 heterocycles. The van der Waals surface area contributed by atoms with E-state index in [0.29, 0.717) is 24.4 Å². The molecule has 24 heavy (non-hydrogen) atoms. The van der Waals surface area contributed by atoms with E-state index >= 15 is 0 Å². The van der Waals surface area contributed by atoms with Crippen LogP contribution in [0.5, 0.6) is 5.75 Å². The quantitative estimate of drug-likeness (QED) is 0.837. The highest BCUT2D eigenvalue weighted by molar-refractivity contribution is 5.97. The lowest BCUT2D eigenvalue weighted by Crippen LogP contribution is -2.57. The molecule has 7 nitrogen and oxygen atoms in total. The van der Waals surface area contributed by atoms with Crippen LogP contribution in [0.4, 0.5) is 10.5 Å². The number of carbonyl (C=O) groups is 2. The molecule has 0 aromatic heterocycles. The molecule has 1 aliphatic heterocycles. The number of likely N-dealkylation sites (tertiary alicyclic amines) is 1. The number of hydrogen-bond acceptors (Lipinski definition) is 5. The normalized spacial score (nSPS) is 17.0. The van der Waals surface area contributed by atoms with Crippen molar-refractivity contribution in [2.45, 2.75) is 38.8 Å². The molecule has 132 valence electrons. The summed E-state index contributed by atoms with van der Waals surface area (Å²) >= 11 is 0. The first-order valence-corrected chi connectivity index (χ1v) is 7.82. The van der Waals surface area contributed by atoms with Gasteiger partial charge in [0.2, 0.25) is 5.91 Å². The highest BCUT2D eigenvalue weighted by Crippen LogP contribution is 2.23. The van der Waals surface area contributed by atoms with Crippen molar-refractivity contribution >= 4 is 17.7 Å². The molecule has 1 aliphatic rings. The van der Waals surface area contributed by atoms with Crippen LogP contribution >= 0.6 is 0 Å². The summed E-state index contributed by atoms with van der Waals surface area (Å²) in [5.41, 5.74) is 0.0620. The number of rotatable bonds is 5. The van der Waals surface area contributed by atoms with Gasteiger partial charge in [-0.1, -0.05) is 0 Å². The van der Waals surface area contributed by atoms with Gasteiger partial charge in [0.25, 0.3) is 0 Å². The first-order valence-electron chi connectivity index (χ1n) is 7.82. The number of nitrogens with zero attached hydrogens (tertiary/aromatic N) is 1. The fraction of sp³-hybridized carbons (Fsp3) is 0.529. The Bertz CT molecular complexity index is 580. The van der Waals surface area contributed by atoms with Gasteiger partial charge >= 0.3 is 6.09 Å². The maximum absolute atomic E-state index is 12.3. The van der Waals surface area contributed by atoms with E-state index in [1.54, 1.807) is 52.1 Å². The van der Waals surface area contributed by atoms with E-state index in [1.807, 2.05) is 0 Å². The summed E-state index contributed by atoms with van der Waals surface area (Å²) in [6, 6.07) is 6.45. The highest BCUT2D eigenvalue weighted by Gasteiger charge is 2.39. The summed E-state index contributed by atoms with van der Waals surface area (Å²) in [7, 11) is 1.55. The molecule has 0 bridgehead atoms. The standard InChI is InChI=1S/C17H24N2O5/c1-17(2,3)24-16(21)19-10-9-14(19)15(20)18-12-5-7-13(8-6-12)23-11-22-4/h5-8,14H,9-11H2,1-4H3,(H,18,20)/t14-/m1/s1. The van der Waals surface area contributed by atoms with Gasteiger partial charge in [-0.05, 0) is 51.5 Å². The van der Waals surface area contributed by atoms with Crippen molar-refractivity contribution in [2.75, 3.05) is 25.8 Å². The summed E-state index contributed by atoms with van der Waals surface area (Å²) in [5.74, 6) is 0.423. The number of hydrogen-bond donors (Lipinski definition) is 1. The smallest absolute Gasteiger partial charge is 0.410 e. The highest BCUT2D eigenvalue weighted by atomic mass is 16.7. The van der Waals surface area contributed by atoms with Crippen molar-refractivity contribution in [3.8, 4) is 5.75 Å². The Balaban J connectivity index is 1.89. The number of nitrogens with one attached hydrogen (secondary N) is 1. The molecule has 2 rings (SSSR count). The maximum Gasteiger partial charge on any atom is 0.410 e. The van der Waals surface area contributed by atoms with Crippen molar-refractivity contribution in [1.29, 1.82) is 0 Å². The SMILES string of the molecule is COCOc1ccc(NC(=O)[C@H]2CCN2C(=O)OC(C)(C)C)cc1. The first kappa shape index (κ1) is 18.1. The molecule has 0 unspecified atom stereocenters. The third-order valence-electron chi connectivity index (χ3n) is 3.42. The molecule has 0 radical (unpaired) electrons. The van der Waals surface area contributed by atoms with Crippen LogP contribution in [-0.2, 0) is 14.3 Å². The van der Waals surface area contributed by atoms with Gasteiger partial charge in [-0.2, -0.15) is 0 Å². The third-order valence-corrected chi connectivity index (χ3v) is 3.42. The van der Waals surface area contributed by atoms with Crippen LogP contribution in [0.25, 0.3) is 0 Å². The number of amides is 2. The van der Waals surface area contributed by atoms with Gasteiger partial charge in [-0.15, -0.1) is 0 Å². The van der Waals surface area contributed by atoms with Crippen LogP contribution in [0.15, 0.2) is 24.3 Å². The molecule has 1 N–H and O–H groups in total. The molecule has 1 fully saturated rings.